The van der Waals surface area contributed by atoms with Gasteiger partial charge in [-0.25, -0.2) is 0 Å². The monoisotopic (exact) mass is 494 g/mol. The molecule has 6 nitrogen and oxygen atoms in total. The average molecular weight is 495 g/mol. The number of aromatic nitrogens is 1. The molecule has 2 aromatic carbocycles. The molecule has 3 fully saturated rings. The maximum atomic E-state index is 13.9. The van der Waals surface area contributed by atoms with E-state index in [1.54, 1.807) is 0 Å². The van der Waals surface area contributed by atoms with Crippen molar-refractivity contribution in [1.29, 1.82) is 0 Å². The molecule has 3 heterocycles. The molecule has 0 radical (unpaired) electrons. The van der Waals surface area contributed by atoms with E-state index in [4.69, 9.17) is 4.99 Å². The lowest BCUT2D eigenvalue weighted by Gasteiger charge is -2.26. The number of fused-ring (bicyclic) bond motifs is 1. The van der Waals surface area contributed by atoms with Crippen molar-refractivity contribution in [2.75, 3.05) is 19.6 Å². The number of nitrogens with zero attached hydrogens (tertiary/aromatic N) is 3. The second kappa shape index (κ2) is 8.57. The van der Waals surface area contributed by atoms with Gasteiger partial charge in [-0.3, -0.25) is 19.5 Å². The van der Waals surface area contributed by atoms with Crippen LogP contribution < -0.4 is 0 Å². The zero-order valence-corrected chi connectivity index (χ0v) is 21.5. The Kier molecular flexibility index (Phi) is 5.27. The highest BCUT2D eigenvalue weighted by molar-refractivity contribution is 6.16. The van der Waals surface area contributed by atoms with Crippen molar-refractivity contribution >= 4 is 28.6 Å². The van der Waals surface area contributed by atoms with E-state index in [1.807, 2.05) is 16.0 Å². The zero-order chi connectivity index (χ0) is 25.1. The standard InChI is InChI=1S/C31H34N4O2/c1-20-16-24(25-7-4-22-10-14-32-27(22)17-25)8-9-26(20)28-33-31(12-2-3-13-31)30(37)35(28)19-21-11-15-34(18-21)29(36)23-5-6-23/h4,7-10,14,16-17,21,23,32H,2-3,5-6,11-13,15,18-19H2,1H3/t21-/m1/s1. The third-order valence-corrected chi connectivity index (χ3v) is 8.97. The van der Waals surface area contributed by atoms with Gasteiger partial charge in [0.1, 0.15) is 11.4 Å². The Morgan fingerprint density at radius 2 is 1.84 bits per heavy atom. The molecule has 6 heteroatoms. The molecule has 0 bridgehead atoms. The van der Waals surface area contributed by atoms with Gasteiger partial charge in [0.15, 0.2) is 0 Å². The maximum absolute atomic E-state index is 13.9. The minimum atomic E-state index is -0.582. The first-order valence-electron chi connectivity index (χ1n) is 13.9. The summed E-state index contributed by atoms with van der Waals surface area (Å²) in [5.74, 6) is 1.89. The molecule has 1 atom stereocenters. The van der Waals surface area contributed by atoms with Crippen LogP contribution in [0.4, 0.5) is 0 Å². The van der Waals surface area contributed by atoms with Crippen molar-refractivity contribution in [2.24, 2.45) is 16.8 Å². The van der Waals surface area contributed by atoms with Gasteiger partial charge >= 0.3 is 0 Å². The number of carbonyl (C=O) groups is 2. The summed E-state index contributed by atoms with van der Waals surface area (Å²) in [6.07, 6.45) is 8.81. The summed E-state index contributed by atoms with van der Waals surface area (Å²) in [6, 6.07) is 15.1. The van der Waals surface area contributed by atoms with Crippen LogP contribution in [-0.4, -0.2) is 57.6 Å². The highest BCUT2D eigenvalue weighted by atomic mass is 16.2. The van der Waals surface area contributed by atoms with Crippen molar-refractivity contribution < 1.29 is 9.59 Å². The van der Waals surface area contributed by atoms with Crippen LogP contribution in [0, 0.1) is 18.8 Å². The van der Waals surface area contributed by atoms with Crippen LogP contribution in [0.25, 0.3) is 22.0 Å². The summed E-state index contributed by atoms with van der Waals surface area (Å²) >= 11 is 0. The molecule has 1 aromatic heterocycles. The molecule has 7 rings (SSSR count). The SMILES string of the molecule is Cc1cc(-c2ccc3cc[nH]c3c2)ccc1C1=NC2(CCCC2)C(=O)N1C[C@@H]1CCN(C(=O)C2CC2)C1. The van der Waals surface area contributed by atoms with Gasteiger partial charge in [0, 0.05) is 42.8 Å². The van der Waals surface area contributed by atoms with Crippen LogP contribution in [0.5, 0.6) is 0 Å². The van der Waals surface area contributed by atoms with Crippen LogP contribution in [0.2, 0.25) is 0 Å². The van der Waals surface area contributed by atoms with Gasteiger partial charge in [0.05, 0.1) is 0 Å². The van der Waals surface area contributed by atoms with Crippen LogP contribution in [0.1, 0.15) is 56.1 Å². The highest BCUT2D eigenvalue weighted by Gasteiger charge is 2.51. The van der Waals surface area contributed by atoms with Gasteiger partial charge in [-0.2, -0.15) is 0 Å². The molecule has 190 valence electrons. The summed E-state index contributed by atoms with van der Waals surface area (Å²) in [5, 5.41) is 1.21. The van der Waals surface area contributed by atoms with E-state index in [9.17, 15) is 9.59 Å². The third-order valence-electron chi connectivity index (χ3n) is 8.97. The number of aromatic amines is 1. The van der Waals surface area contributed by atoms with Gasteiger partial charge in [-0.1, -0.05) is 43.2 Å². The normalized spacial score (nSPS) is 23.0. The summed E-state index contributed by atoms with van der Waals surface area (Å²) in [5.41, 5.74) is 5.06. The van der Waals surface area contributed by atoms with Crippen LogP contribution >= 0.6 is 0 Å². The summed E-state index contributed by atoms with van der Waals surface area (Å²) in [7, 11) is 0. The quantitative estimate of drug-likeness (QED) is 0.523. The number of nitrogens with one attached hydrogen (secondary N) is 1. The lowest BCUT2D eigenvalue weighted by molar-refractivity contribution is -0.131. The van der Waals surface area contributed by atoms with E-state index in [0.29, 0.717) is 18.4 Å². The fourth-order valence-electron chi connectivity index (χ4n) is 6.67. The average Bonchev–Trinajstić information content (AvgIpc) is 3.25. The number of H-pyrrole nitrogens is 1. The first kappa shape index (κ1) is 22.8. The molecule has 0 unspecified atom stereocenters. The highest BCUT2D eigenvalue weighted by Crippen LogP contribution is 2.41. The number of hydrogen-bond acceptors (Lipinski definition) is 3. The summed E-state index contributed by atoms with van der Waals surface area (Å²) < 4.78 is 0. The second-order valence-electron chi connectivity index (χ2n) is 11.6. The number of aryl methyl sites for hydroxylation is 1. The molecular weight excluding hydrogens is 460 g/mol. The molecule has 1 N–H and O–H groups in total. The Bertz CT molecular complexity index is 1430. The van der Waals surface area contributed by atoms with Crippen molar-refractivity contribution in [3.63, 3.8) is 0 Å². The van der Waals surface area contributed by atoms with E-state index in [2.05, 4.69) is 54.4 Å². The van der Waals surface area contributed by atoms with Crippen molar-refractivity contribution in [2.45, 2.75) is 57.4 Å². The molecular formula is C31H34N4O2. The molecule has 2 aliphatic heterocycles. The molecule has 37 heavy (non-hydrogen) atoms. The molecule has 1 spiro atoms. The minimum Gasteiger partial charge on any atom is -0.361 e. The fraction of sp³-hybridized carbons (Fsp3) is 0.452. The lowest BCUT2D eigenvalue weighted by Crippen LogP contribution is -2.44. The molecule has 3 aromatic rings. The number of carbonyl (C=O) groups excluding carboxylic acids is 2. The Morgan fingerprint density at radius 3 is 2.62 bits per heavy atom. The van der Waals surface area contributed by atoms with E-state index >= 15 is 0 Å². The third kappa shape index (κ3) is 3.89. The molecule has 2 aliphatic carbocycles. The fourth-order valence-corrected chi connectivity index (χ4v) is 6.67. The van der Waals surface area contributed by atoms with Gasteiger partial charge < -0.3 is 9.88 Å². The molecule has 2 amide bonds. The van der Waals surface area contributed by atoms with Gasteiger partial charge in [-0.15, -0.1) is 0 Å². The first-order chi connectivity index (χ1) is 18.0. The van der Waals surface area contributed by atoms with E-state index in [1.165, 1.54) is 10.9 Å². The van der Waals surface area contributed by atoms with Gasteiger partial charge in [0.25, 0.3) is 5.91 Å². The number of hydrogen-bond donors (Lipinski definition) is 1. The topological polar surface area (TPSA) is 68.8 Å². The summed E-state index contributed by atoms with van der Waals surface area (Å²) in [4.78, 5) is 39.0. The number of rotatable bonds is 5. The van der Waals surface area contributed by atoms with E-state index in [-0.39, 0.29) is 11.8 Å². The Labute approximate surface area is 217 Å². The number of benzene rings is 2. The summed E-state index contributed by atoms with van der Waals surface area (Å²) in [6.45, 7) is 4.36. The van der Waals surface area contributed by atoms with Crippen LogP contribution in [-0.2, 0) is 9.59 Å². The largest absolute Gasteiger partial charge is 0.361 e. The zero-order valence-electron chi connectivity index (χ0n) is 21.5. The van der Waals surface area contributed by atoms with Crippen LogP contribution in [0.3, 0.4) is 0 Å². The molecule has 1 saturated heterocycles. The van der Waals surface area contributed by atoms with Crippen molar-refractivity contribution in [3.8, 4) is 11.1 Å². The van der Waals surface area contributed by atoms with Gasteiger partial charge in [-0.05, 0) is 79.2 Å². The van der Waals surface area contributed by atoms with Crippen molar-refractivity contribution in [1.82, 2.24) is 14.8 Å². The number of amidine groups is 1. The number of likely N-dealkylation sites (tertiary alicyclic amines) is 1. The van der Waals surface area contributed by atoms with Crippen LogP contribution in [0.15, 0.2) is 53.7 Å². The Morgan fingerprint density at radius 1 is 1.05 bits per heavy atom. The predicted molar refractivity (Wildman–Crippen MR) is 145 cm³/mol. The molecule has 2 saturated carbocycles. The smallest absolute Gasteiger partial charge is 0.256 e. The van der Waals surface area contributed by atoms with E-state index < -0.39 is 5.54 Å². The second-order valence-corrected chi connectivity index (χ2v) is 11.6. The Balaban J connectivity index is 1.18. The predicted octanol–water partition coefficient (Wildman–Crippen LogP) is 5.30. The Hall–Kier alpha value is -3.41. The lowest BCUT2D eigenvalue weighted by atomic mass is 9.97. The van der Waals surface area contributed by atoms with Gasteiger partial charge in [0.2, 0.25) is 5.91 Å². The molecule has 4 aliphatic rings. The van der Waals surface area contributed by atoms with Crippen molar-refractivity contribution in [3.05, 3.63) is 59.8 Å². The first-order valence-corrected chi connectivity index (χ1v) is 13.9. The van der Waals surface area contributed by atoms with E-state index in [0.717, 1.165) is 86.1 Å². The maximum Gasteiger partial charge on any atom is 0.256 e. The number of amides is 2. The number of aliphatic imine (C=N–C) groups is 1. The minimum absolute atomic E-state index is 0.174.